The summed E-state index contributed by atoms with van der Waals surface area (Å²) in [7, 11) is 0. The lowest BCUT2D eigenvalue weighted by molar-refractivity contribution is -0.351. The molecule has 15 atom stereocenters. The Morgan fingerprint density at radius 1 is 0.455 bits per heavy atom. The number of nitrogens with one attached hydrogen (secondary N) is 3. The van der Waals surface area contributed by atoms with Gasteiger partial charge in [0.25, 0.3) is 0 Å². The number of ether oxygens (including phenoxy) is 5. The fourth-order valence-electron chi connectivity index (χ4n) is 6.01. The first kappa shape index (κ1) is 45.7. The van der Waals surface area contributed by atoms with E-state index in [4.69, 9.17) is 39.0 Å². The molecule has 0 radical (unpaired) electrons. The molecule has 25 nitrogen and oxygen atoms in total. The Labute approximate surface area is 310 Å². The van der Waals surface area contributed by atoms with Crippen molar-refractivity contribution in [3.05, 3.63) is 0 Å². The van der Waals surface area contributed by atoms with Gasteiger partial charge in [-0.05, 0) is 0 Å². The van der Waals surface area contributed by atoms with Gasteiger partial charge in [0.05, 0.1) is 39.1 Å². The number of hydrogen-bond acceptors (Lipinski definition) is 19. The van der Waals surface area contributed by atoms with E-state index < -0.39 is 186 Å². The van der Waals surface area contributed by atoms with Crippen molar-refractivity contribution in [2.75, 3.05) is 19.8 Å². The van der Waals surface area contributed by atoms with Gasteiger partial charge in [-0.2, -0.15) is 0 Å². The highest BCUT2D eigenvalue weighted by atomic mass is 16.7. The molecule has 0 aliphatic carbocycles. The first-order valence-corrected chi connectivity index (χ1v) is 17.0. The molecule has 3 aliphatic heterocycles. The summed E-state index contributed by atoms with van der Waals surface area (Å²) >= 11 is 0. The lowest BCUT2D eigenvalue weighted by Crippen LogP contribution is -2.71. The van der Waals surface area contributed by atoms with Crippen molar-refractivity contribution in [2.24, 2.45) is 0 Å². The Hall–Kier alpha value is -3.70. The Balaban J connectivity index is 1.94. The van der Waals surface area contributed by atoms with E-state index >= 15 is 0 Å². The van der Waals surface area contributed by atoms with Crippen LogP contribution in [0.25, 0.3) is 0 Å². The van der Waals surface area contributed by atoms with Crippen LogP contribution in [-0.4, -0.2) is 204 Å². The second kappa shape index (κ2) is 21.0. The average Bonchev–Trinajstić information content (AvgIpc) is 3.13. The lowest BCUT2D eigenvalue weighted by Gasteiger charge is -2.50. The number of amides is 3. The molecule has 314 valence electrons. The molecular weight excluding hydrogens is 754 g/mol. The third kappa shape index (κ3) is 12.4. The van der Waals surface area contributed by atoms with E-state index in [0.717, 1.165) is 0 Å². The molecule has 0 aromatic rings. The van der Waals surface area contributed by atoms with E-state index in [9.17, 15) is 69.6 Å². The van der Waals surface area contributed by atoms with Crippen LogP contribution < -0.4 is 16.0 Å². The molecule has 3 amide bonds. The molecule has 3 fully saturated rings. The van der Waals surface area contributed by atoms with Crippen LogP contribution in [0.1, 0.15) is 38.5 Å². The number of aliphatic hydroxyl groups is 8. The van der Waals surface area contributed by atoms with Gasteiger partial charge in [0.1, 0.15) is 73.1 Å². The van der Waals surface area contributed by atoms with Crippen LogP contribution in [0.3, 0.4) is 0 Å². The Bertz CT molecular complexity index is 1340. The zero-order valence-electron chi connectivity index (χ0n) is 28.9. The summed E-state index contributed by atoms with van der Waals surface area (Å²) in [5.41, 5.74) is 0. The van der Waals surface area contributed by atoms with Crippen molar-refractivity contribution < 1.29 is 109 Å². The zero-order chi connectivity index (χ0) is 41.1. The van der Waals surface area contributed by atoms with Crippen LogP contribution in [0.5, 0.6) is 0 Å². The molecule has 3 rings (SSSR count). The predicted octanol–water partition coefficient (Wildman–Crippen LogP) is -7.61. The molecule has 55 heavy (non-hydrogen) atoms. The van der Waals surface area contributed by atoms with Crippen LogP contribution in [0, 0.1) is 0 Å². The molecule has 3 saturated heterocycles. The van der Waals surface area contributed by atoms with Gasteiger partial charge < -0.3 is 95.8 Å². The molecule has 0 spiro atoms. The molecule has 25 heteroatoms. The number of hydrogen-bond donors (Lipinski definition) is 14. The normalized spacial score (nSPS) is 36.3. The maximum absolute atomic E-state index is 12.9. The van der Waals surface area contributed by atoms with Crippen LogP contribution in [0.15, 0.2) is 0 Å². The van der Waals surface area contributed by atoms with Gasteiger partial charge in [0, 0.05) is 19.3 Å². The standard InChI is InChI=1S/C30H47N3O22/c34-7-10-22(46)23(47)20(32-14(38)2-5-17(42)43)29(52-10)55-27-12(9-36)53-30(21(25(27)49)33-15(39)3-6-18(44)45)54-26-11(8-35)51-28(50)19(24(26)48)31-13(37)1-4-16(40)41/h10-12,19-30,34-36,46-50H,1-9H2,(H,31,37)(H,32,38)(H,33,39)(H,40,41)(H,42,43)(H,44,45)/t10-,11-,12-,19-,20-,21-,22-,23-,24-,25-,26-,27-,28-,29+,30+/m1/s1. The minimum atomic E-state index is -2.07. The summed E-state index contributed by atoms with van der Waals surface area (Å²) in [4.78, 5) is 70.8. The summed E-state index contributed by atoms with van der Waals surface area (Å²) in [6.07, 6.45) is -25.8. The number of rotatable bonds is 19. The van der Waals surface area contributed by atoms with Gasteiger partial charge in [0.15, 0.2) is 18.9 Å². The van der Waals surface area contributed by atoms with Crippen molar-refractivity contribution in [1.29, 1.82) is 0 Å². The number of carbonyl (C=O) groups is 6. The van der Waals surface area contributed by atoms with Crippen LogP contribution in [0.2, 0.25) is 0 Å². The van der Waals surface area contributed by atoms with Gasteiger partial charge in [-0.1, -0.05) is 0 Å². The van der Waals surface area contributed by atoms with E-state index in [0.29, 0.717) is 0 Å². The van der Waals surface area contributed by atoms with Gasteiger partial charge in [-0.3, -0.25) is 28.8 Å². The van der Waals surface area contributed by atoms with Gasteiger partial charge in [0.2, 0.25) is 17.7 Å². The summed E-state index contributed by atoms with van der Waals surface area (Å²) < 4.78 is 28.4. The maximum Gasteiger partial charge on any atom is 0.303 e. The smallest absolute Gasteiger partial charge is 0.303 e. The molecular formula is C30H47N3O22. The van der Waals surface area contributed by atoms with E-state index in [2.05, 4.69) is 16.0 Å². The van der Waals surface area contributed by atoms with Crippen LogP contribution >= 0.6 is 0 Å². The second-order valence-corrected chi connectivity index (χ2v) is 12.8. The van der Waals surface area contributed by atoms with Crippen LogP contribution in [-0.2, 0) is 52.5 Å². The third-order valence-electron chi connectivity index (χ3n) is 8.87. The highest BCUT2D eigenvalue weighted by molar-refractivity contribution is 5.82. The molecule has 0 saturated carbocycles. The Kier molecular flexibility index (Phi) is 17.4. The molecule has 0 aromatic carbocycles. The lowest BCUT2D eigenvalue weighted by atomic mass is 9.93. The van der Waals surface area contributed by atoms with Gasteiger partial charge in [-0.15, -0.1) is 0 Å². The number of aliphatic hydroxyl groups excluding tert-OH is 8. The minimum absolute atomic E-state index is 0.575. The summed E-state index contributed by atoms with van der Waals surface area (Å²) in [5, 5.41) is 118. The minimum Gasteiger partial charge on any atom is -0.481 e. The van der Waals surface area contributed by atoms with Gasteiger partial charge >= 0.3 is 17.9 Å². The van der Waals surface area contributed by atoms with Crippen LogP contribution in [0.4, 0.5) is 0 Å². The first-order valence-electron chi connectivity index (χ1n) is 17.0. The molecule has 0 unspecified atom stereocenters. The highest BCUT2D eigenvalue weighted by Gasteiger charge is 2.54. The topological polar surface area (TPSA) is 407 Å². The molecule has 0 bridgehead atoms. The van der Waals surface area contributed by atoms with E-state index in [-0.39, 0.29) is 0 Å². The summed E-state index contributed by atoms with van der Waals surface area (Å²) in [5.74, 6) is -6.95. The Morgan fingerprint density at radius 3 is 1.20 bits per heavy atom. The quantitative estimate of drug-likeness (QED) is 0.0577. The number of carboxylic acid groups (broad SMARTS) is 3. The van der Waals surface area contributed by atoms with Crippen molar-refractivity contribution in [2.45, 2.75) is 130 Å². The SMILES string of the molecule is O=C(O)CCC(=O)N[C@@H]1[C@@H](O)[C@H](O[C@@H]2O[C@H](CO)[C@@H](O[C@@H]3O[C@H](CO)[C@@H](O)[C@H](O)[C@H]3NC(=O)CCC(=O)O)[C@H](O)[C@H]2NC(=O)CCC(=O)O)[C@@H](CO)O[C@H]1O. The fourth-order valence-corrected chi connectivity index (χ4v) is 6.01. The second-order valence-electron chi connectivity index (χ2n) is 12.8. The zero-order valence-corrected chi connectivity index (χ0v) is 28.9. The van der Waals surface area contributed by atoms with E-state index in [1.165, 1.54) is 0 Å². The van der Waals surface area contributed by atoms with E-state index in [1.807, 2.05) is 0 Å². The largest absolute Gasteiger partial charge is 0.481 e. The number of aliphatic carboxylic acids is 3. The fraction of sp³-hybridized carbons (Fsp3) is 0.800. The number of carboxylic acids is 3. The van der Waals surface area contributed by atoms with Crippen molar-refractivity contribution in [3.8, 4) is 0 Å². The predicted molar refractivity (Wildman–Crippen MR) is 170 cm³/mol. The van der Waals surface area contributed by atoms with Gasteiger partial charge in [-0.25, -0.2) is 0 Å². The monoisotopic (exact) mass is 801 g/mol. The Morgan fingerprint density at radius 2 is 0.800 bits per heavy atom. The van der Waals surface area contributed by atoms with Crippen molar-refractivity contribution >= 4 is 35.6 Å². The molecule has 3 aliphatic rings. The van der Waals surface area contributed by atoms with Crippen molar-refractivity contribution in [1.82, 2.24) is 16.0 Å². The highest BCUT2D eigenvalue weighted by Crippen LogP contribution is 2.32. The first-order chi connectivity index (χ1) is 25.9. The summed E-state index contributed by atoms with van der Waals surface area (Å²) in [6, 6.07) is -5.24. The molecule has 0 aromatic heterocycles. The summed E-state index contributed by atoms with van der Waals surface area (Å²) in [6.45, 7) is -2.87. The maximum atomic E-state index is 12.9. The van der Waals surface area contributed by atoms with Crippen molar-refractivity contribution in [3.63, 3.8) is 0 Å². The number of carbonyl (C=O) groups excluding carboxylic acids is 3. The third-order valence-corrected chi connectivity index (χ3v) is 8.87. The molecule has 3 heterocycles. The van der Waals surface area contributed by atoms with E-state index in [1.54, 1.807) is 0 Å². The molecule has 14 N–H and O–H groups in total. The average molecular weight is 802 g/mol.